The molecule has 1 amide bonds. The summed E-state index contributed by atoms with van der Waals surface area (Å²) < 4.78 is 2.29. The van der Waals surface area contributed by atoms with Crippen LogP contribution in [0.4, 0.5) is 5.69 Å². The van der Waals surface area contributed by atoms with E-state index in [0.717, 1.165) is 29.1 Å². The van der Waals surface area contributed by atoms with Crippen molar-refractivity contribution in [2.75, 3.05) is 11.4 Å². The highest BCUT2D eigenvalue weighted by molar-refractivity contribution is 6.33. The molecule has 1 fully saturated rings. The van der Waals surface area contributed by atoms with Crippen LogP contribution in [0.2, 0.25) is 5.02 Å². The zero-order valence-electron chi connectivity index (χ0n) is 15.0. The number of anilines is 1. The summed E-state index contributed by atoms with van der Waals surface area (Å²) in [5.74, 6) is 1.68. The lowest BCUT2D eigenvalue weighted by Gasteiger charge is -2.19. The number of hydrogen-bond donors (Lipinski definition) is 0. The van der Waals surface area contributed by atoms with Gasteiger partial charge in [0.05, 0.1) is 21.7 Å². The van der Waals surface area contributed by atoms with Gasteiger partial charge in [-0.05, 0) is 30.2 Å². The predicted octanol–water partition coefficient (Wildman–Crippen LogP) is 4.87. The van der Waals surface area contributed by atoms with E-state index >= 15 is 0 Å². The highest BCUT2D eigenvalue weighted by Gasteiger charge is 2.35. The Bertz CT molecular complexity index is 963. The summed E-state index contributed by atoms with van der Waals surface area (Å²) in [6.45, 7) is 5.92. The number of aromatic nitrogens is 2. The molecule has 1 saturated heterocycles. The summed E-state index contributed by atoms with van der Waals surface area (Å²) >= 11 is 6.31. The number of amides is 1. The first-order valence-electron chi connectivity index (χ1n) is 9.04. The van der Waals surface area contributed by atoms with Gasteiger partial charge in [0.25, 0.3) is 0 Å². The van der Waals surface area contributed by atoms with Gasteiger partial charge in [-0.2, -0.15) is 0 Å². The van der Waals surface area contributed by atoms with Crippen molar-refractivity contribution >= 4 is 34.2 Å². The molecule has 4 nitrogen and oxygen atoms in total. The van der Waals surface area contributed by atoms with E-state index < -0.39 is 0 Å². The van der Waals surface area contributed by atoms with Gasteiger partial charge in [-0.25, -0.2) is 4.98 Å². The maximum atomic E-state index is 12.7. The van der Waals surface area contributed by atoms with E-state index in [-0.39, 0.29) is 11.8 Å². The second kappa shape index (κ2) is 6.76. The molecule has 0 spiro atoms. The molecule has 3 aromatic rings. The normalized spacial score (nSPS) is 17.6. The fraction of sp³-hybridized carbons (Fsp3) is 0.333. The summed E-state index contributed by atoms with van der Waals surface area (Å²) in [7, 11) is 0. The molecule has 0 saturated carbocycles. The average Bonchev–Trinajstić information content (AvgIpc) is 3.16. The maximum Gasteiger partial charge on any atom is 0.227 e. The van der Waals surface area contributed by atoms with Gasteiger partial charge in [0.2, 0.25) is 5.91 Å². The summed E-state index contributed by atoms with van der Waals surface area (Å²) in [5.41, 5.74) is 2.92. The molecule has 0 radical (unpaired) electrons. The van der Waals surface area contributed by atoms with Crippen LogP contribution in [0.5, 0.6) is 0 Å². The highest BCUT2D eigenvalue weighted by Crippen LogP contribution is 2.36. The fourth-order valence-corrected chi connectivity index (χ4v) is 3.98. The minimum absolute atomic E-state index is 0.0740. The van der Waals surface area contributed by atoms with Gasteiger partial charge in [0.15, 0.2) is 0 Å². The molecule has 0 aliphatic carbocycles. The molecular weight excluding hydrogens is 346 g/mol. The van der Waals surface area contributed by atoms with Crippen LogP contribution in [0.25, 0.3) is 11.0 Å². The first-order valence-corrected chi connectivity index (χ1v) is 9.42. The topological polar surface area (TPSA) is 38.1 Å². The third-order valence-electron chi connectivity index (χ3n) is 4.87. The molecule has 134 valence electrons. The zero-order valence-corrected chi connectivity index (χ0v) is 15.8. The minimum atomic E-state index is 0.0740. The van der Waals surface area contributed by atoms with Gasteiger partial charge >= 0.3 is 0 Å². The van der Waals surface area contributed by atoms with E-state index in [1.807, 2.05) is 42.5 Å². The van der Waals surface area contributed by atoms with Crippen LogP contribution < -0.4 is 4.90 Å². The van der Waals surface area contributed by atoms with Crippen LogP contribution in [0.3, 0.4) is 0 Å². The Morgan fingerprint density at radius 3 is 2.65 bits per heavy atom. The molecule has 0 bridgehead atoms. The Labute approximate surface area is 158 Å². The fourth-order valence-electron chi connectivity index (χ4n) is 3.75. The van der Waals surface area contributed by atoms with Gasteiger partial charge in [0.1, 0.15) is 5.82 Å². The van der Waals surface area contributed by atoms with Crippen molar-refractivity contribution in [2.24, 2.45) is 5.92 Å². The van der Waals surface area contributed by atoms with Gasteiger partial charge in [-0.3, -0.25) is 4.79 Å². The Morgan fingerprint density at radius 1 is 1.15 bits per heavy atom. The number of nitrogens with zero attached hydrogens (tertiary/aromatic N) is 3. The first-order chi connectivity index (χ1) is 12.5. The second-order valence-electron chi connectivity index (χ2n) is 7.32. The van der Waals surface area contributed by atoms with E-state index in [1.54, 1.807) is 4.90 Å². The van der Waals surface area contributed by atoms with Gasteiger partial charge < -0.3 is 9.47 Å². The molecule has 4 rings (SSSR count). The van der Waals surface area contributed by atoms with E-state index in [2.05, 4.69) is 24.5 Å². The summed E-state index contributed by atoms with van der Waals surface area (Å²) in [4.78, 5) is 19.4. The van der Waals surface area contributed by atoms with Crippen molar-refractivity contribution < 1.29 is 4.79 Å². The lowest BCUT2D eigenvalue weighted by molar-refractivity contribution is -0.117. The number of rotatable bonds is 4. The van der Waals surface area contributed by atoms with Crippen molar-refractivity contribution in [3.8, 4) is 0 Å². The second-order valence-corrected chi connectivity index (χ2v) is 7.73. The number of imidazole rings is 1. The van der Waals surface area contributed by atoms with E-state index in [1.165, 1.54) is 0 Å². The molecule has 2 aromatic carbocycles. The number of carbonyl (C=O) groups excluding carboxylic acids is 1. The quantitative estimate of drug-likeness (QED) is 0.660. The van der Waals surface area contributed by atoms with Gasteiger partial charge in [-0.1, -0.05) is 49.7 Å². The van der Waals surface area contributed by atoms with Crippen molar-refractivity contribution in [1.29, 1.82) is 0 Å². The van der Waals surface area contributed by atoms with Crippen LogP contribution in [0.15, 0.2) is 48.5 Å². The van der Waals surface area contributed by atoms with Crippen LogP contribution in [-0.4, -0.2) is 22.0 Å². The molecule has 26 heavy (non-hydrogen) atoms. The number of fused-ring (bicyclic) bond motifs is 1. The van der Waals surface area contributed by atoms with Crippen molar-refractivity contribution in [1.82, 2.24) is 9.55 Å². The number of para-hydroxylation sites is 3. The van der Waals surface area contributed by atoms with E-state index in [0.29, 0.717) is 23.9 Å². The maximum absolute atomic E-state index is 12.7. The number of hydrogen-bond acceptors (Lipinski definition) is 2. The monoisotopic (exact) mass is 367 g/mol. The lowest BCUT2D eigenvalue weighted by Crippen LogP contribution is -2.25. The molecule has 0 N–H and O–H groups in total. The van der Waals surface area contributed by atoms with Crippen LogP contribution in [0, 0.1) is 5.92 Å². The minimum Gasteiger partial charge on any atom is -0.327 e. The molecule has 0 unspecified atom stereocenters. The Balaban J connectivity index is 1.72. The third-order valence-corrected chi connectivity index (χ3v) is 5.18. The molecule has 2 heterocycles. The molecule has 1 aliphatic rings. The smallest absolute Gasteiger partial charge is 0.227 e. The summed E-state index contributed by atoms with van der Waals surface area (Å²) in [6, 6.07) is 15.7. The standard InChI is InChI=1S/C21H22ClN3O/c1-14(2)12-25-19-10-6-4-8-17(19)23-21(25)15-11-20(26)24(13-15)18-9-5-3-7-16(18)22/h3-10,14-15H,11-13H2,1-2H3/t15-/m1/s1. The largest absolute Gasteiger partial charge is 0.327 e. The molecule has 1 aliphatic heterocycles. The van der Waals surface area contributed by atoms with Gasteiger partial charge in [0, 0.05) is 25.4 Å². The molecule has 5 heteroatoms. The van der Waals surface area contributed by atoms with Crippen molar-refractivity contribution in [3.05, 3.63) is 59.4 Å². The Morgan fingerprint density at radius 2 is 1.88 bits per heavy atom. The average molecular weight is 368 g/mol. The molecule has 1 aromatic heterocycles. The number of benzene rings is 2. The van der Waals surface area contributed by atoms with Crippen LogP contribution >= 0.6 is 11.6 Å². The summed E-state index contributed by atoms with van der Waals surface area (Å²) in [6.07, 6.45) is 0.465. The van der Waals surface area contributed by atoms with Crippen LogP contribution in [0.1, 0.15) is 32.0 Å². The van der Waals surface area contributed by atoms with Crippen molar-refractivity contribution in [2.45, 2.75) is 32.7 Å². The van der Waals surface area contributed by atoms with E-state index in [4.69, 9.17) is 16.6 Å². The summed E-state index contributed by atoms with van der Waals surface area (Å²) in [5, 5.41) is 0.609. The zero-order chi connectivity index (χ0) is 18.3. The highest BCUT2D eigenvalue weighted by atomic mass is 35.5. The lowest BCUT2D eigenvalue weighted by atomic mass is 10.1. The molecule has 1 atom stereocenters. The van der Waals surface area contributed by atoms with Crippen molar-refractivity contribution in [3.63, 3.8) is 0 Å². The predicted molar refractivity (Wildman–Crippen MR) is 106 cm³/mol. The Kier molecular flexibility index (Phi) is 4.45. The number of carbonyl (C=O) groups is 1. The van der Waals surface area contributed by atoms with E-state index in [9.17, 15) is 4.79 Å². The van der Waals surface area contributed by atoms with Gasteiger partial charge in [-0.15, -0.1) is 0 Å². The first kappa shape index (κ1) is 17.1. The molecular formula is C21H22ClN3O. The number of halogens is 1. The van der Waals surface area contributed by atoms with Crippen LogP contribution in [-0.2, 0) is 11.3 Å². The Hall–Kier alpha value is -2.33. The SMILES string of the molecule is CC(C)Cn1c([C@@H]2CC(=O)N(c3ccccc3Cl)C2)nc2ccccc21. The third kappa shape index (κ3) is 2.99.